The second kappa shape index (κ2) is 15.4. The molecule has 8 rings (SSSR count). The lowest BCUT2D eigenvalue weighted by Gasteiger charge is -2.04. The molecule has 0 radical (unpaired) electrons. The van der Waals surface area contributed by atoms with Crippen molar-refractivity contribution in [2.24, 2.45) is 0 Å². The molecule has 8 aromatic rings. The molecule has 0 aromatic heterocycles. The summed E-state index contributed by atoms with van der Waals surface area (Å²) in [5.41, 5.74) is 2.55. The summed E-state index contributed by atoms with van der Waals surface area (Å²) in [6.45, 7) is 0. The zero-order valence-electron chi connectivity index (χ0n) is 24.4. The van der Waals surface area contributed by atoms with Gasteiger partial charge >= 0.3 is 0 Å². The van der Waals surface area contributed by atoms with Crippen LogP contribution < -0.4 is 0 Å². The smallest absolute Gasteiger partial charge is 0.115 e. The molecule has 44 heavy (non-hydrogen) atoms. The largest absolute Gasteiger partial charge is 0.508 e. The number of hydrogen-bond donors (Lipinski definition) is 2. The second-order valence-electron chi connectivity index (χ2n) is 10.1. The van der Waals surface area contributed by atoms with Crippen molar-refractivity contribution in [1.29, 1.82) is 0 Å². The number of phenolic OH excluding ortho intramolecular Hbond substituents is 2. The maximum Gasteiger partial charge on any atom is 0.115 e. The molecular weight excluding hydrogens is 536 g/mol. The number of phenols is 2. The van der Waals surface area contributed by atoms with Crippen molar-refractivity contribution in [3.05, 3.63) is 194 Å². The Balaban J connectivity index is 0.000000127. The fourth-order valence-corrected chi connectivity index (χ4v) is 4.75. The van der Waals surface area contributed by atoms with Gasteiger partial charge in [0.2, 0.25) is 0 Å². The van der Waals surface area contributed by atoms with Crippen LogP contribution in [-0.2, 0) is 0 Å². The van der Waals surface area contributed by atoms with Crippen LogP contribution >= 0.6 is 0 Å². The minimum absolute atomic E-state index is 0.322. The quantitative estimate of drug-likeness (QED) is 0.193. The summed E-state index contributed by atoms with van der Waals surface area (Å²) >= 11 is 0. The van der Waals surface area contributed by atoms with Crippen LogP contribution in [0.1, 0.15) is 0 Å². The van der Waals surface area contributed by atoms with E-state index in [0.29, 0.717) is 11.5 Å². The van der Waals surface area contributed by atoms with Gasteiger partial charge in [-0.15, -0.1) is 0 Å². The predicted octanol–water partition coefficient (Wildman–Crippen LogP) is 11.3. The molecule has 2 N–H and O–H groups in total. The van der Waals surface area contributed by atoms with E-state index in [-0.39, 0.29) is 0 Å². The van der Waals surface area contributed by atoms with Gasteiger partial charge in [-0.05, 0) is 92.0 Å². The van der Waals surface area contributed by atoms with Crippen molar-refractivity contribution in [3.63, 3.8) is 0 Å². The Bertz CT molecular complexity index is 1790. The maximum absolute atomic E-state index is 8.63. The van der Waals surface area contributed by atoms with Gasteiger partial charge in [-0.1, -0.05) is 146 Å². The molecule has 0 aliphatic carbocycles. The molecule has 2 nitrogen and oxygen atoms in total. The molecule has 0 aliphatic heterocycles. The van der Waals surface area contributed by atoms with Crippen LogP contribution in [0.5, 0.6) is 11.5 Å². The highest BCUT2D eigenvalue weighted by molar-refractivity contribution is 6.04. The zero-order chi connectivity index (χ0) is 30.4. The summed E-state index contributed by atoms with van der Waals surface area (Å²) in [6, 6.07) is 64.4. The van der Waals surface area contributed by atoms with Gasteiger partial charge in [0.1, 0.15) is 11.5 Å². The summed E-state index contributed by atoms with van der Waals surface area (Å²) in [7, 11) is 0. The minimum atomic E-state index is 0.322. The number of para-hydroxylation sites is 2. The van der Waals surface area contributed by atoms with Gasteiger partial charge in [0.05, 0.1) is 0 Å². The van der Waals surface area contributed by atoms with Crippen LogP contribution in [0.25, 0.3) is 43.4 Å². The number of rotatable bonds is 1. The molecule has 2 heteroatoms. The van der Waals surface area contributed by atoms with Gasteiger partial charge in [-0.2, -0.15) is 0 Å². The maximum atomic E-state index is 8.63. The molecule has 0 heterocycles. The lowest BCUT2D eigenvalue weighted by atomic mass is 10.00. The molecule has 214 valence electrons. The zero-order valence-corrected chi connectivity index (χ0v) is 24.4. The molecule has 0 saturated carbocycles. The van der Waals surface area contributed by atoms with Crippen LogP contribution in [0.15, 0.2) is 194 Å². The Morgan fingerprint density at radius 3 is 0.682 bits per heavy atom. The Hall–Kier alpha value is -5.86. The van der Waals surface area contributed by atoms with E-state index in [4.69, 9.17) is 10.2 Å². The Kier molecular flexibility index (Phi) is 10.4. The number of fused-ring (bicyclic) bond motifs is 3. The summed E-state index contributed by atoms with van der Waals surface area (Å²) in [5.74, 6) is 0.644. The third kappa shape index (κ3) is 8.58. The summed E-state index contributed by atoms with van der Waals surface area (Å²) < 4.78 is 0. The van der Waals surface area contributed by atoms with E-state index in [1.165, 1.54) is 43.4 Å². The fourth-order valence-electron chi connectivity index (χ4n) is 4.75. The highest BCUT2D eigenvalue weighted by Crippen LogP contribution is 2.27. The van der Waals surface area contributed by atoms with Gasteiger partial charge in [-0.25, -0.2) is 0 Å². The second-order valence-corrected chi connectivity index (χ2v) is 10.1. The van der Waals surface area contributed by atoms with Crippen molar-refractivity contribution < 1.29 is 10.2 Å². The average Bonchev–Trinajstić information content (AvgIpc) is 3.09. The molecular formula is C42H34O2. The first-order valence-corrected chi connectivity index (χ1v) is 14.6. The van der Waals surface area contributed by atoms with E-state index in [1.807, 2.05) is 24.3 Å². The van der Waals surface area contributed by atoms with Gasteiger partial charge in [0.25, 0.3) is 0 Å². The minimum Gasteiger partial charge on any atom is -0.508 e. The summed E-state index contributed by atoms with van der Waals surface area (Å²) in [6.07, 6.45) is 0. The van der Waals surface area contributed by atoms with E-state index in [2.05, 4.69) is 121 Å². The molecule has 0 unspecified atom stereocenters. The average molecular weight is 571 g/mol. The summed E-state index contributed by atoms with van der Waals surface area (Å²) in [5, 5.41) is 25.1. The summed E-state index contributed by atoms with van der Waals surface area (Å²) in [4.78, 5) is 0. The molecule has 0 bridgehead atoms. The van der Waals surface area contributed by atoms with Gasteiger partial charge in [-0.3, -0.25) is 0 Å². The third-order valence-corrected chi connectivity index (χ3v) is 6.96. The van der Waals surface area contributed by atoms with E-state index < -0.39 is 0 Å². The Morgan fingerprint density at radius 1 is 0.227 bits per heavy atom. The SMILES string of the molecule is Oc1ccccc1.Oc1ccccc1.c1ccc(-c2ccccc2)cc1.c1ccc2cc3cc4ccccc4cc3cc2c1. The first kappa shape index (κ1) is 29.6. The van der Waals surface area contributed by atoms with Gasteiger partial charge < -0.3 is 10.2 Å². The van der Waals surface area contributed by atoms with Crippen molar-refractivity contribution >= 4 is 32.3 Å². The Morgan fingerprint density at radius 2 is 0.455 bits per heavy atom. The van der Waals surface area contributed by atoms with E-state index in [1.54, 1.807) is 48.5 Å². The number of benzene rings is 8. The monoisotopic (exact) mass is 570 g/mol. The molecule has 0 fully saturated rings. The lowest BCUT2D eigenvalue weighted by Crippen LogP contribution is -1.78. The van der Waals surface area contributed by atoms with Crippen LogP contribution in [-0.4, -0.2) is 10.2 Å². The highest BCUT2D eigenvalue weighted by atomic mass is 16.3. The Labute approximate surface area is 258 Å². The fraction of sp³-hybridized carbons (Fsp3) is 0. The number of hydrogen-bond acceptors (Lipinski definition) is 2. The van der Waals surface area contributed by atoms with E-state index in [0.717, 1.165) is 0 Å². The van der Waals surface area contributed by atoms with Gasteiger partial charge in [0.15, 0.2) is 0 Å². The lowest BCUT2D eigenvalue weighted by molar-refractivity contribution is 0.475. The molecule has 8 aromatic carbocycles. The molecule has 0 amide bonds. The topological polar surface area (TPSA) is 40.5 Å². The van der Waals surface area contributed by atoms with Crippen molar-refractivity contribution in [1.82, 2.24) is 0 Å². The standard InChI is InChI=1S/C18H12.C12H10.2C6H6O/c1-2-6-14-10-18-12-16-8-4-3-7-15(16)11-17(18)9-13(14)5-1;1-3-7-11(8-4-1)12-9-5-2-6-10-12;2*7-6-4-2-1-3-5-6/h1-12H;1-10H;2*1-5,7H. The molecule has 0 saturated heterocycles. The number of aromatic hydroxyl groups is 2. The highest BCUT2D eigenvalue weighted by Gasteiger charge is 2.00. The first-order valence-electron chi connectivity index (χ1n) is 14.6. The van der Waals surface area contributed by atoms with Crippen molar-refractivity contribution in [2.45, 2.75) is 0 Å². The normalized spacial score (nSPS) is 10.0. The van der Waals surface area contributed by atoms with Crippen LogP contribution in [0, 0.1) is 0 Å². The molecule has 0 atom stereocenters. The predicted molar refractivity (Wildman–Crippen MR) is 187 cm³/mol. The third-order valence-electron chi connectivity index (χ3n) is 6.96. The van der Waals surface area contributed by atoms with Gasteiger partial charge in [0, 0.05) is 0 Å². The van der Waals surface area contributed by atoms with Crippen molar-refractivity contribution in [2.75, 3.05) is 0 Å². The van der Waals surface area contributed by atoms with E-state index >= 15 is 0 Å². The van der Waals surface area contributed by atoms with Crippen molar-refractivity contribution in [3.8, 4) is 22.6 Å². The van der Waals surface area contributed by atoms with Crippen LogP contribution in [0.2, 0.25) is 0 Å². The van der Waals surface area contributed by atoms with E-state index in [9.17, 15) is 0 Å². The van der Waals surface area contributed by atoms with Crippen LogP contribution in [0.3, 0.4) is 0 Å². The molecule has 0 aliphatic rings. The first-order chi connectivity index (χ1) is 21.7. The molecule has 0 spiro atoms. The van der Waals surface area contributed by atoms with Crippen LogP contribution in [0.4, 0.5) is 0 Å².